The zero-order chi connectivity index (χ0) is 13.9. The number of thioether (sulfide) groups is 1. The molecule has 1 atom stereocenters. The van der Waals surface area contributed by atoms with Crippen LogP contribution in [0.25, 0.3) is 0 Å². The van der Waals surface area contributed by atoms with Gasteiger partial charge in [0.05, 0.1) is 15.6 Å². The van der Waals surface area contributed by atoms with Crippen molar-refractivity contribution in [3.05, 3.63) is 27.7 Å². The summed E-state index contributed by atoms with van der Waals surface area (Å²) in [7, 11) is 1.75. The molecular formula is C12H16Cl2N2OS. The highest BCUT2D eigenvalue weighted by atomic mass is 35.5. The van der Waals surface area contributed by atoms with Gasteiger partial charge in [0, 0.05) is 24.5 Å². The number of hydrogen-bond donors (Lipinski definition) is 1. The first-order chi connectivity index (χ1) is 8.38. The third kappa shape index (κ3) is 3.46. The molecular weight excluding hydrogens is 291 g/mol. The zero-order valence-corrected chi connectivity index (χ0v) is 12.9. The Morgan fingerprint density at radius 2 is 2.11 bits per heavy atom. The van der Waals surface area contributed by atoms with Crippen LogP contribution < -0.4 is 5.73 Å². The molecule has 2 N–H and O–H groups in total. The first kappa shape index (κ1) is 15.5. The van der Waals surface area contributed by atoms with E-state index in [1.54, 1.807) is 29.8 Å². The quantitative estimate of drug-likeness (QED) is 0.867. The van der Waals surface area contributed by atoms with Crippen LogP contribution >= 0.6 is 35.0 Å². The summed E-state index contributed by atoms with van der Waals surface area (Å²) in [6.45, 7) is 1.98. The van der Waals surface area contributed by atoms with E-state index in [0.717, 1.165) is 5.75 Å². The lowest BCUT2D eigenvalue weighted by molar-refractivity contribution is 0.0758. The van der Waals surface area contributed by atoms with E-state index in [1.807, 2.05) is 13.2 Å². The average Bonchev–Trinajstić information content (AvgIpc) is 2.32. The molecule has 0 spiro atoms. The fourth-order valence-electron chi connectivity index (χ4n) is 1.51. The van der Waals surface area contributed by atoms with Crippen LogP contribution in [0, 0.1) is 0 Å². The summed E-state index contributed by atoms with van der Waals surface area (Å²) in [5.41, 5.74) is 6.46. The van der Waals surface area contributed by atoms with Crippen LogP contribution in [0.15, 0.2) is 12.1 Å². The second-order valence-corrected chi connectivity index (χ2v) is 5.78. The van der Waals surface area contributed by atoms with E-state index in [0.29, 0.717) is 16.3 Å². The first-order valence-electron chi connectivity index (χ1n) is 5.39. The van der Waals surface area contributed by atoms with Crippen molar-refractivity contribution in [3.8, 4) is 0 Å². The lowest BCUT2D eigenvalue weighted by Gasteiger charge is -2.25. The highest BCUT2D eigenvalue weighted by molar-refractivity contribution is 7.98. The number of carbonyl (C=O) groups is 1. The predicted octanol–water partition coefficient (Wildman–Crippen LogP) is 3.40. The predicted molar refractivity (Wildman–Crippen MR) is 80.8 cm³/mol. The van der Waals surface area contributed by atoms with Crippen LogP contribution in [-0.2, 0) is 0 Å². The van der Waals surface area contributed by atoms with Crippen molar-refractivity contribution in [1.29, 1.82) is 0 Å². The molecule has 1 aromatic carbocycles. The van der Waals surface area contributed by atoms with Gasteiger partial charge in [0.2, 0.25) is 0 Å². The fourth-order valence-corrected chi connectivity index (χ4v) is 2.63. The summed E-state index contributed by atoms with van der Waals surface area (Å²) in [5, 5.41) is 0.546. The summed E-state index contributed by atoms with van der Waals surface area (Å²) in [6, 6.07) is 3.20. The zero-order valence-electron chi connectivity index (χ0n) is 10.5. The van der Waals surface area contributed by atoms with E-state index in [9.17, 15) is 4.79 Å². The van der Waals surface area contributed by atoms with Crippen molar-refractivity contribution in [2.45, 2.75) is 13.0 Å². The lowest BCUT2D eigenvalue weighted by Crippen LogP contribution is -2.36. The molecule has 0 aliphatic carbocycles. The Hall–Kier alpha value is -0.580. The Kier molecular flexibility index (Phi) is 5.63. The maximum atomic E-state index is 12.3. The summed E-state index contributed by atoms with van der Waals surface area (Å²) < 4.78 is 0. The number of benzene rings is 1. The minimum atomic E-state index is -0.171. The second-order valence-electron chi connectivity index (χ2n) is 4.08. The van der Waals surface area contributed by atoms with Gasteiger partial charge in [-0.2, -0.15) is 11.8 Å². The number of anilines is 1. The van der Waals surface area contributed by atoms with Crippen LogP contribution in [0.4, 0.5) is 5.69 Å². The number of nitrogens with two attached hydrogens (primary N) is 1. The van der Waals surface area contributed by atoms with E-state index < -0.39 is 0 Å². The molecule has 0 saturated carbocycles. The van der Waals surface area contributed by atoms with E-state index >= 15 is 0 Å². The van der Waals surface area contributed by atoms with Crippen LogP contribution in [0.2, 0.25) is 10.0 Å². The number of carbonyl (C=O) groups excluding carboxylic acids is 1. The minimum absolute atomic E-state index is 0.115. The fraction of sp³-hybridized carbons (Fsp3) is 0.417. The molecule has 18 heavy (non-hydrogen) atoms. The van der Waals surface area contributed by atoms with Gasteiger partial charge in [-0.25, -0.2) is 0 Å². The van der Waals surface area contributed by atoms with Crippen LogP contribution in [0.1, 0.15) is 17.3 Å². The third-order valence-corrected chi connectivity index (χ3v) is 4.29. The smallest absolute Gasteiger partial charge is 0.255 e. The van der Waals surface area contributed by atoms with E-state index in [4.69, 9.17) is 28.9 Å². The van der Waals surface area contributed by atoms with Crippen LogP contribution in [0.3, 0.4) is 0 Å². The second kappa shape index (κ2) is 6.55. The Balaban J connectivity index is 3.04. The number of nitrogens with zero attached hydrogens (tertiary/aromatic N) is 1. The van der Waals surface area contributed by atoms with Crippen LogP contribution in [0.5, 0.6) is 0 Å². The summed E-state index contributed by atoms with van der Waals surface area (Å²) in [4.78, 5) is 14.0. The van der Waals surface area contributed by atoms with Gasteiger partial charge in [0.15, 0.2) is 0 Å². The Bertz CT molecular complexity index is 454. The Morgan fingerprint density at radius 1 is 1.50 bits per heavy atom. The van der Waals surface area contributed by atoms with Crippen molar-refractivity contribution < 1.29 is 4.79 Å². The van der Waals surface area contributed by atoms with Crippen molar-refractivity contribution >= 4 is 46.6 Å². The maximum Gasteiger partial charge on any atom is 0.255 e. The van der Waals surface area contributed by atoms with Crippen molar-refractivity contribution in [2.75, 3.05) is 24.8 Å². The summed E-state index contributed by atoms with van der Waals surface area (Å²) in [5.74, 6) is 0.686. The third-order valence-electron chi connectivity index (χ3n) is 2.67. The van der Waals surface area contributed by atoms with E-state index in [-0.39, 0.29) is 17.0 Å². The normalized spacial score (nSPS) is 12.3. The standard InChI is InChI=1S/C12H16Cl2N2OS/c1-7(6-18-3)16(2)12(17)9-4-8(15)5-10(13)11(9)14/h4-5,7H,6,15H2,1-3H3. The molecule has 0 heterocycles. The van der Waals surface area contributed by atoms with Gasteiger partial charge in [-0.05, 0) is 25.3 Å². The van der Waals surface area contributed by atoms with Gasteiger partial charge in [0.1, 0.15) is 0 Å². The van der Waals surface area contributed by atoms with Gasteiger partial charge in [0.25, 0.3) is 5.91 Å². The van der Waals surface area contributed by atoms with Gasteiger partial charge >= 0.3 is 0 Å². The number of halogens is 2. The summed E-state index contributed by atoms with van der Waals surface area (Å²) >= 11 is 13.7. The van der Waals surface area contributed by atoms with E-state index in [2.05, 4.69) is 0 Å². The molecule has 6 heteroatoms. The van der Waals surface area contributed by atoms with Gasteiger partial charge in [-0.15, -0.1) is 0 Å². The molecule has 1 aromatic rings. The highest BCUT2D eigenvalue weighted by Gasteiger charge is 2.21. The molecule has 1 amide bonds. The first-order valence-corrected chi connectivity index (χ1v) is 7.54. The molecule has 0 radical (unpaired) electrons. The maximum absolute atomic E-state index is 12.3. The molecule has 1 rings (SSSR count). The average molecular weight is 307 g/mol. The van der Waals surface area contributed by atoms with Gasteiger partial charge in [-0.3, -0.25) is 4.79 Å². The molecule has 0 fully saturated rings. The van der Waals surface area contributed by atoms with E-state index in [1.165, 1.54) is 6.07 Å². The molecule has 0 aliphatic heterocycles. The largest absolute Gasteiger partial charge is 0.399 e. The lowest BCUT2D eigenvalue weighted by atomic mass is 10.1. The molecule has 0 bridgehead atoms. The van der Waals surface area contributed by atoms with Crippen molar-refractivity contribution in [2.24, 2.45) is 0 Å². The number of amides is 1. The molecule has 3 nitrogen and oxygen atoms in total. The Labute approximate surface area is 122 Å². The molecule has 0 saturated heterocycles. The number of nitrogen functional groups attached to an aromatic ring is 1. The Morgan fingerprint density at radius 3 is 2.67 bits per heavy atom. The monoisotopic (exact) mass is 306 g/mol. The molecule has 0 aromatic heterocycles. The minimum Gasteiger partial charge on any atom is -0.399 e. The number of rotatable bonds is 4. The summed E-state index contributed by atoms with van der Waals surface area (Å²) in [6.07, 6.45) is 2.00. The molecule has 1 unspecified atom stereocenters. The molecule has 100 valence electrons. The number of hydrogen-bond acceptors (Lipinski definition) is 3. The van der Waals surface area contributed by atoms with Gasteiger partial charge in [-0.1, -0.05) is 23.2 Å². The van der Waals surface area contributed by atoms with Crippen LogP contribution in [-0.4, -0.2) is 35.9 Å². The highest BCUT2D eigenvalue weighted by Crippen LogP contribution is 2.29. The van der Waals surface area contributed by atoms with Crippen molar-refractivity contribution in [1.82, 2.24) is 4.90 Å². The SMILES string of the molecule is CSCC(C)N(C)C(=O)c1cc(N)cc(Cl)c1Cl. The van der Waals surface area contributed by atoms with Gasteiger partial charge < -0.3 is 10.6 Å². The van der Waals surface area contributed by atoms with Crippen molar-refractivity contribution in [3.63, 3.8) is 0 Å². The molecule has 0 aliphatic rings. The topological polar surface area (TPSA) is 46.3 Å².